The number of ether oxygens (including phenoxy) is 3. The Morgan fingerprint density at radius 3 is 2.78 bits per heavy atom. The van der Waals surface area contributed by atoms with Crippen molar-refractivity contribution < 1.29 is 14.2 Å². The van der Waals surface area contributed by atoms with E-state index < -0.39 is 0 Å². The van der Waals surface area contributed by atoms with Gasteiger partial charge in [0.25, 0.3) is 0 Å². The molecule has 0 bridgehead atoms. The van der Waals surface area contributed by atoms with Gasteiger partial charge in [0.1, 0.15) is 17.4 Å². The number of nitrogens with zero attached hydrogens (tertiary/aromatic N) is 2. The molecule has 0 spiro atoms. The van der Waals surface area contributed by atoms with Gasteiger partial charge in [0.05, 0.1) is 5.69 Å². The zero-order valence-electron chi connectivity index (χ0n) is 14.9. The number of hydrogen-bond acceptors (Lipinski definition) is 6. The van der Waals surface area contributed by atoms with Crippen molar-refractivity contribution in [2.75, 3.05) is 13.8 Å². The minimum Gasteiger partial charge on any atom is -0.486 e. The minimum absolute atomic E-state index is 0.300. The van der Waals surface area contributed by atoms with Crippen LogP contribution in [0.3, 0.4) is 0 Å². The summed E-state index contributed by atoms with van der Waals surface area (Å²) in [5, 5.41) is 3.73. The monoisotopic (exact) mass is 402 g/mol. The summed E-state index contributed by atoms with van der Waals surface area (Å²) >= 11 is 7.49. The van der Waals surface area contributed by atoms with Crippen LogP contribution < -0.4 is 14.2 Å². The van der Waals surface area contributed by atoms with Crippen LogP contribution in [0.4, 0.5) is 0 Å². The Bertz CT molecular complexity index is 914. The Kier molecular flexibility index (Phi) is 5.48. The van der Waals surface area contributed by atoms with Gasteiger partial charge >= 0.3 is 0 Å². The highest BCUT2D eigenvalue weighted by Gasteiger charge is 2.14. The van der Waals surface area contributed by atoms with E-state index in [9.17, 15) is 0 Å². The molecule has 1 aliphatic rings. The number of halogens is 1. The first-order valence-corrected chi connectivity index (χ1v) is 9.80. The summed E-state index contributed by atoms with van der Waals surface area (Å²) in [6.07, 6.45) is 0. The molecule has 2 aromatic carbocycles. The van der Waals surface area contributed by atoms with Gasteiger partial charge in [-0.25, -0.2) is 4.98 Å². The Morgan fingerprint density at radius 1 is 1.11 bits per heavy atom. The second-order valence-corrected chi connectivity index (χ2v) is 7.71. The highest BCUT2D eigenvalue weighted by atomic mass is 35.5. The Labute approximate surface area is 167 Å². The number of fused-ring (bicyclic) bond motifs is 1. The van der Waals surface area contributed by atoms with Crippen molar-refractivity contribution in [2.24, 2.45) is 0 Å². The fourth-order valence-electron chi connectivity index (χ4n) is 2.85. The average Bonchev–Trinajstić information content (AvgIpc) is 3.30. The molecule has 4 rings (SSSR count). The summed E-state index contributed by atoms with van der Waals surface area (Å²) in [5.74, 6) is 2.42. The lowest BCUT2D eigenvalue weighted by Crippen LogP contribution is -2.17. The third-order valence-corrected chi connectivity index (χ3v) is 5.22. The van der Waals surface area contributed by atoms with Crippen molar-refractivity contribution in [3.63, 3.8) is 0 Å². The van der Waals surface area contributed by atoms with Crippen LogP contribution >= 0.6 is 22.9 Å². The third-order valence-electron chi connectivity index (χ3n) is 4.10. The molecular formula is C20H19ClN2O3S. The molecule has 0 N–H and O–H groups in total. The maximum absolute atomic E-state index is 5.88. The molecule has 0 saturated heterocycles. The Morgan fingerprint density at radius 2 is 1.93 bits per heavy atom. The summed E-state index contributed by atoms with van der Waals surface area (Å²) in [7, 11) is 2.08. The zero-order chi connectivity index (χ0) is 18.6. The van der Waals surface area contributed by atoms with E-state index in [4.69, 9.17) is 25.8 Å². The molecule has 0 atom stereocenters. The van der Waals surface area contributed by atoms with Crippen molar-refractivity contribution in [1.29, 1.82) is 0 Å². The van der Waals surface area contributed by atoms with Crippen LogP contribution in [0.2, 0.25) is 5.02 Å². The van der Waals surface area contributed by atoms with Gasteiger partial charge in [-0.3, -0.25) is 4.90 Å². The van der Waals surface area contributed by atoms with Gasteiger partial charge in [0, 0.05) is 23.5 Å². The molecule has 140 valence electrons. The number of aromatic nitrogens is 1. The third kappa shape index (κ3) is 4.71. The molecule has 1 aliphatic heterocycles. The summed E-state index contributed by atoms with van der Waals surface area (Å²) in [6.45, 7) is 2.34. The number of thiazole rings is 1. The van der Waals surface area contributed by atoms with E-state index in [2.05, 4.69) is 28.4 Å². The van der Waals surface area contributed by atoms with Gasteiger partial charge in [0.15, 0.2) is 11.5 Å². The van der Waals surface area contributed by atoms with Crippen molar-refractivity contribution >= 4 is 22.9 Å². The van der Waals surface area contributed by atoms with Gasteiger partial charge < -0.3 is 14.2 Å². The van der Waals surface area contributed by atoms with Crippen molar-refractivity contribution in [1.82, 2.24) is 9.88 Å². The maximum atomic E-state index is 5.88. The quantitative estimate of drug-likeness (QED) is 0.571. The molecular weight excluding hydrogens is 384 g/mol. The second kappa shape index (κ2) is 8.17. The van der Waals surface area contributed by atoms with E-state index >= 15 is 0 Å². The Balaban J connectivity index is 1.30. The molecule has 2 heterocycles. The lowest BCUT2D eigenvalue weighted by molar-refractivity contribution is 0.174. The molecule has 0 aliphatic carbocycles. The van der Waals surface area contributed by atoms with E-state index in [0.717, 1.165) is 41.0 Å². The first kappa shape index (κ1) is 18.1. The van der Waals surface area contributed by atoms with Crippen LogP contribution in [-0.2, 0) is 19.7 Å². The highest BCUT2D eigenvalue weighted by Crippen LogP contribution is 2.32. The molecule has 0 fully saturated rings. The smallest absolute Gasteiger partial charge is 0.231 e. The van der Waals surface area contributed by atoms with Crippen LogP contribution in [0.15, 0.2) is 47.8 Å². The molecule has 0 amide bonds. The van der Waals surface area contributed by atoms with E-state index in [1.807, 2.05) is 36.4 Å². The van der Waals surface area contributed by atoms with Gasteiger partial charge in [-0.1, -0.05) is 17.7 Å². The first-order chi connectivity index (χ1) is 13.2. The molecule has 0 radical (unpaired) electrons. The van der Waals surface area contributed by atoms with Crippen LogP contribution in [0.1, 0.15) is 16.3 Å². The molecule has 7 heteroatoms. The fourth-order valence-corrected chi connectivity index (χ4v) is 3.67. The number of hydrogen-bond donors (Lipinski definition) is 0. The summed E-state index contributed by atoms with van der Waals surface area (Å²) in [4.78, 5) is 6.88. The highest BCUT2D eigenvalue weighted by molar-refractivity contribution is 7.09. The van der Waals surface area contributed by atoms with Gasteiger partial charge in [-0.05, 0) is 49.0 Å². The van der Waals surface area contributed by atoms with Gasteiger partial charge in [0.2, 0.25) is 6.79 Å². The zero-order valence-corrected chi connectivity index (χ0v) is 16.4. The largest absolute Gasteiger partial charge is 0.486 e. The van der Waals surface area contributed by atoms with E-state index in [1.54, 1.807) is 11.3 Å². The summed E-state index contributed by atoms with van der Waals surface area (Å²) in [6, 6.07) is 13.4. The van der Waals surface area contributed by atoms with Crippen molar-refractivity contribution in [2.45, 2.75) is 19.7 Å². The van der Waals surface area contributed by atoms with Crippen molar-refractivity contribution in [3.8, 4) is 17.2 Å². The summed E-state index contributed by atoms with van der Waals surface area (Å²) in [5.41, 5.74) is 2.22. The molecule has 0 saturated carbocycles. The van der Waals surface area contributed by atoms with E-state index in [0.29, 0.717) is 18.4 Å². The van der Waals surface area contributed by atoms with Crippen molar-refractivity contribution in [3.05, 3.63) is 69.1 Å². The van der Waals surface area contributed by atoms with Crippen LogP contribution in [0, 0.1) is 0 Å². The standard InChI is InChI=1S/C20H19ClN2O3S/c1-23(9-14-2-7-18-19(8-14)26-13-25-18)10-16-12-27-20(22-16)11-24-17-5-3-15(21)4-6-17/h2-8,12H,9-11,13H2,1H3. The second-order valence-electron chi connectivity index (χ2n) is 6.34. The molecule has 5 nitrogen and oxygen atoms in total. The number of benzene rings is 2. The molecule has 3 aromatic rings. The lowest BCUT2D eigenvalue weighted by Gasteiger charge is -2.15. The van der Waals surface area contributed by atoms with Gasteiger partial charge in [-0.15, -0.1) is 11.3 Å². The fraction of sp³-hybridized carbons (Fsp3) is 0.250. The van der Waals surface area contributed by atoms with E-state index in [-0.39, 0.29) is 0 Å². The predicted molar refractivity (Wildman–Crippen MR) is 106 cm³/mol. The topological polar surface area (TPSA) is 43.8 Å². The first-order valence-electron chi connectivity index (χ1n) is 8.54. The maximum Gasteiger partial charge on any atom is 0.231 e. The van der Waals surface area contributed by atoms with Crippen LogP contribution in [-0.4, -0.2) is 23.7 Å². The molecule has 1 aromatic heterocycles. The predicted octanol–water partition coefficient (Wildman–Crippen LogP) is 4.74. The van der Waals surface area contributed by atoms with Crippen LogP contribution in [0.25, 0.3) is 0 Å². The average molecular weight is 403 g/mol. The van der Waals surface area contributed by atoms with Crippen LogP contribution in [0.5, 0.6) is 17.2 Å². The minimum atomic E-state index is 0.300. The van der Waals surface area contributed by atoms with Gasteiger partial charge in [-0.2, -0.15) is 0 Å². The summed E-state index contributed by atoms with van der Waals surface area (Å²) < 4.78 is 16.5. The number of rotatable bonds is 7. The SMILES string of the molecule is CN(Cc1ccc2c(c1)OCO2)Cc1csc(COc2ccc(Cl)cc2)n1. The van der Waals surface area contributed by atoms with E-state index in [1.165, 1.54) is 5.56 Å². The molecule has 0 unspecified atom stereocenters. The lowest BCUT2D eigenvalue weighted by atomic mass is 10.2. The molecule has 27 heavy (non-hydrogen) atoms. The Hall–Kier alpha value is -2.28. The normalized spacial score (nSPS) is 12.6.